The van der Waals surface area contributed by atoms with Gasteiger partial charge in [-0.25, -0.2) is 0 Å². The van der Waals surface area contributed by atoms with E-state index in [0.29, 0.717) is 16.5 Å². The molecule has 3 atom stereocenters. The van der Waals surface area contributed by atoms with Crippen molar-refractivity contribution >= 4 is 11.8 Å². The molecule has 0 aliphatic rings. The van der Waals surface area contributed by atoms with Crippen LogP contribution in [0.3, 0.4) is 0 Å². The van der Waals surface area contributed by atoms with Crippen LogP contribution in [0.25, 0.3) is 0 Å². The molecule has 0 radical (unpaired) electrons. The fourth-order valence-corrected chi connectivity index (χ4v) is 3.11. The molecule has 92 valence electrons. The molecular formula is C12H27NOS. The molecular weight excluding hydrogens is 206 g/mol. The summed E-state index contributed by atoms with van der Waals surface area (Å²) in [5.74, 6) is 0. The van der Waals surface area contributed by atoms with Crippen LogP contribution >= 0.6 is 11.8 Å². The third kappa shape index (κ3) is 6.44. The average Bonchev–Trinajstić information content (AvgIpc) is 2.25. The van der Waals surface area contributed by atoms with E-state index >= 15 is 0 Å². The topological polar surface area (TPSA) is 32.3 Å². The lowest BCUT2D eigenvalue weighted by molar-refractivity contribution is 0.299. The summed E-state index contributed by atoms with van der Waals surface area (Å²) in [6.07, 6.45) is 3.63. The van der Waals surface area contributed by atoms with E-state index in [1.807, 2.05) is 11.8 Å². The summed E-state index contributed by atoms with van der Waals surface area (Å²) in [6, 6.07) is 0.601. The minimum atomic E-state index is 0.284. The third-order valence-electron chi connectivity index (χ3n) is 2.58. The van der Waals surface area contributed by atoms with Gasteiger partial charge < -0.3 is 10.4 Å². The highest BCUT2D eigenvalue weighted by atomic mass is 32.2. The Morgan fingerprint density at radius 1 is 1.27 bits per heavy atom. The zero-order valence-corrected chi connectivity index (χ0v) is 11.4. The minimum Gasteiger partial charge on any atom is -0.395 e. The second-order valence-corrected chi connectivity index (χ2v) is 5.71. The molecule has 0 bridgehead atoms. The smallest absolute Gasteiger partial charge is 0.0547 e. The fraction of sp³-hybridized carbons (Fsp3) is 1.00. The molecule has 3 unspecified atom stereocenters. The minimum absolute atomic E-state index is 0.284. The van der Waals surface area contributed by atoms with Gasteiger partial charge in [0.15, 0.2) is 0 Å². The quantitative estimate of drug-likeness (QED) is 0.642. The second-order valence-electron chi connectivity index (χ2n) is 4.03. The van der Waals surface area contributed by atoms with Gasteiger partial charge in [0.1, 0.15) is 0 Å². The molecule has 0 amide bonds. The number of rotatable bonds is 9. The zero-order valence-electron chi connectivity index (χ0n) is 10.6. The molecule has 0 aromatic rings. The highest BCUT2D eigenvalue weighted by Crippen LogP contribution is 2.25. The van der Waals surface area contributed by atoms with Gasteiger partial charge in [-0.05, 0) is 19.4 Å². The summed E-state index contributed by atoms with van der Waals surface area (Å²) in [5, 5.41) is 13.6. The van der Waals surface area contributed by atoms with Crippen LogP contribution in [0.1, 0.15) is 47.0 Å². The van der Waals surface area contributed by atoms with Gasteiger partial charge >= 0.3 is 0 Å². The van der Waals surface area contributed by atoms with E-state index < -0.39 is 0 Å². The van der Waals surface area contributed by atoms with Crippen LogP contribution in [0.4, 0.5) is 0 Å². The van der Waals surface area contributed by atoms with Crippen LogP contribution in [0.2, 0.25) is 0 Å². The number of hydrogen-bond acceptors (Lipinski definition) is 3. The molecule has 0 aromatic carbocycles. The highest BCUT2D eigenvalue weighted by molar-refractivity contribution is 8.00. The van der Waals surface area contributed by atoms with E-state index in [9.17, 15) is 0 Å². The van der Waals surface area contributed by atoms with Gasteiger partial charge in [0.05, 0.1) is 6.61 Å². The molecule has 0 saturated heterocycles. The molecule has 0 spiro atoms. The molecule has 0 saturated carbocycles. The van der Waals surface area contributed by atoms with E-state index in [1.165, 1.54) is 19.3 Å². The summed E-state index contributed by atoms with van der Waals surface area (Å²) in [7, 11) is 0. The van der Waals surface area contributed by atoms with Crippen molar-refractivity contribution in [1.82, 2.24) is 5.32 Å². The van der Waals surface area contributed by atoms with Gasteiger partial charge in [0.2, 0.25) is 0 Å². The SMILES string of the molecule is CCCC(NCC)C(CC)SC(C)CO. The van der Waals surface area contributed by atoms with Crippen LogP contribution in [0.5, 0.6) is 0 Å². The van der Waals surface area contributed by atoms with Crippen LogP contribution < -0.4 is 5.32 Å². The first-order chi connectivity index (χ1) is 7.19. The maximum Gasteiger partial charge on any atom is 0.0547 e. The van der Waals surface area contributed by atoms with E-state index in [-0.39, 0.29) is 6.61 Å². The third-order valence-corrected chi connectivity index (χ3v) is 4.21. The molecule has 2 N–H and O–H groups in total. The van der Waals surface area contributed by atoms with Crippen LogP contribution in [0, 0.1) is 0 Å². The fourth-order valence-electron chi connectivity index (χ4n) is 1.81. The van der Waals surface area contributed by atoms with Crippen molar-refractivity contribution in [3.8, 4) is 0 Å². The van der Waals surface area contributed by atoms with Crippen molar-refractivity contribution in [2.24, 2.45) is 0 Å². The van der Waals surface area contributed by atoms with Crippen molar-refractivity contribution in [1.29, 1.82) is 0 Å². The van der Waals surface area contributed by atoms with Crippen LogP contribution in [0.15, 0.2) is 0 Å². The van der Waals surface area contributed by atoms with Crippen molar-refractivity contribution in [2.45, 2.75) is 63.5 Å². The first kappa shape index (κ1) is 15.3. The highest BCUT2D eigenvalue weighted by Gasteiger charge is 2.20. The van der Waals surface area contributed by atoms with Crippen LogP contribution in [-0.2, 0) is 0 Å². The Morgan fingerprint density at radius 2 is 1.93 bits per heavy atom. The molecule has 0 fully saturated rings. The lowest BCUT2D eigenvalue weighted by atomic mass is 10.1. The van der Waals surface area contributed by atoms with Gasteiger partial charge in [-0.1, -0.05) is 34.1 Å². The molecule has 3 heteroatoms. The predicted octanol–water partition coefficient (Wildman–Crippen LogP) is 2.66. The Hall–Kier alpha value is 0.270. The van der Waals surface area contributed by atoms with Crippen molar-refractivity contribution in [2.75, 3.05) is 13.2 Å². The van der Waals surface area contributed by atoms with Gasteiger partial charge in [-0.2, -0.15) is 11.8 Å². The molecule has 0 aliphatic heterocycles. The van der Waals surface area contributed by atoms with Crippen molar-refractivity contribution in [3.63, 3.8) is 0 Å². The van der Waals surface area contributed by atoms with Gasteiger partial charge in [-0.15, -0.1) is 0 Å². The van der Waals surface area contributed by atoms with E-state index in [4.69, 9.17) is 5.11 Å². The van der Waals surface area contributed by atoms with E-state index in [0.717, 1.165) is 6.54 Å². The Balaban J connectivity index is 4.16. The van der Waals surface area contributed by atoms with Gasteiger partial charge in [-0.3, -0.25) is 0 Å². The lowest BCUT2D eigenvalue weighted by Crippen LogP contribution is -2.38. The first-order valence-corrected chi connectivity index (χ1v) is 7.13. The monoisotopic (exact) mass is 233 g/mol. The number of nitrogens with one attached hydrogen (secondary N) is 1. The van der Waals surface area contributed by atoms with Crippen molar-refractivity contribution < 1.29 is 5.11 Å². The maximum atomic E-state index is 9.08. The zero-order chi connectivity index (χ0) is 11.7. The molecule has 0 aliphatic carbocycles. The Kier molecular flexibility index (Phi) is 9.66. The van der Waals surface area contributed by atoms with Gasteiger partial charge in [0.25, 0.3) is 0 Å². The summed E-state index contributed by atoms with van der Waals surface area (Å²) >= 11 is 1.92. The second kappa shape index (κ2) is 9.49. The molecule has 0 heterocycles. The number of hydrogen-bond donors (Lipinski definition) is 2. The standard InChI is InChI=1S/C12H27NOS/c1-5-8-11(13-7-3)12(6-2)15-10(4)9-14/h10-14H,5-9H2,1-4H3. The summed E-state index contributed by atoms with van der Waals surface area (Å²) < 4.78 is 0. The molecule has 0 rings (SSSR count). The van der Waals surface area contributed by atoms with Gasteiger partial charge in [0, 0.05) is 16.5 Å². The molecule has 15 heavy (non-hydrogen) atoms. The van der Waals surface area contributed by atoms with E-state index in [2.05, 4.69) is 33.0 Å². The van der Waals surface area contributed by atoms with E-state index in [1.54, 1.807) is 0 Å². The largest absolute Gasteiger partial charge is 0.395 e. The van der Waals surface area contributed by atoms with Crippen molar-refractivity contribution in [3.05, 3.63) is 0 Å². The number of aliphatic hydroxyl groups excluding tert-OH is 1. The number of aliphatic hydroxyl groups is 1. The Bertz CT molecular complexity index is 138. The average molecular weight is 233 g/mol. The predicted molar refractivity (Wildman–Crippen MR) is 70.6 cm³/mol. The first-order valence-electron chi connectivity index (χ1n) is 6.19. The normalized spacial score (nSPS) is 17.4. The summed E-state index contributed by atoms with van der Waals surface area (Å²) in [5.41, 5.74) is 0. The Labute approximate surface area is 99.2 Å². The van der Waals surface area contributed by atoms with Crippen LogP contribution in [-0.4, -0.2) is 34.8 Å². The lowest BCUT2D eigenvalue weighted by Gasteiger charge is -2.28. The maximum absolute atomic E-state index is 9.08. The molecule has 2 nitrogen and oxygen atoms in total. The molecule has 0 aromatic heterocycles. The summed E-state index contributed by atoms with van der Waals surface area (Å²) in [4.78, 5) is 0. The summed E-state index contributed by atoms with van der Waals surface area (Å²) in [6.45, 7) is 10.1. The number of thioether (sulfide) groups is 1. The Morgan fingerprint density at radius 3 is 2.33 bits per heavy atom.